The molecule has 5 heteroatoms. The Morgan fingerprint density at radius 1 is 1.09 bits per heavy atom. The molecule has 0 N–H and O–H groups in total. The van der Waals surface area contributed by atoms with Crippen molar-refractivity contribution in [1.29, 1.82) is 0 Å². The van der Waals surface area contributed by atoms with Crippen molar-refractivity contribution in [3.05, 3.63) is 47.3 Å². The van der Waals surface area contributed by atoms with Crippen molar-refractivity contribution < 1.29 is 22.0 Å². The molecule has 0 unspecified atom stereocenters. The molecule has 1 fully saturated rings. The highest BCUT2D eigenvalue weighted by Gasteiger charge is 2.34. The second-order valence-electron chi connectivity index (χ2n) is 6.11. The van der Waals surface area contributed by atoms with E-state index in [1.165, 1.54) is 6.07 Å². The molecule has 0 spiro atoms. The fraction of sp³-hybridized carbons (Fsp3) is 0.556. The van der Waals surface area contributed by atoms with Crippen molar-refractivity contribution in [3.8, 4) is 0 Å². The lowest BCUT2D eigenvalue weighted by Crippen LogP contribution is -2.13. The van der Waals surface area contributed by atoms with E-state index in [4.69, 9.17) is 0 Å². The molecule has 1 aliphatic rings. The molecule has 1 aromatic rings. The number of rotatable bonds is 5. The first kappa shape index (κ1) is 18.0. The van der Waals surface area contributed by atoms with Crippen molar-refractivity contribution in [2.45, 2.75) is 50.6 Å². The molecule has 0 aromatic heterocycles. The molecule has 0 nitrogen and oxygen atoms in total. The maximum atomic E-state index is 13.7. The molecule has 1 aromatic carbocycles. The van der Waals surface area contributed by atoms with E-state index in [0.29, 0.717) is 17.9 Å². The SMILES string of the molecule is FCCC/C=C/C1CCC(c2ccc(C(F)(F)F)c(F)c2)CC1. The first-order valence-electron chi connectivity index (χ1n) is 8.01. The first-order valence-corrected chi connectivity index (χ1v) is 8.01. The Labute approximate surface area is 133 Å². The molecule has 0 bridgehead atoms. The van der Waals surface area contributed by atoms with Crippen molar-refractivity contribution in [1.82, 2.24) is 0 Å². The van der Waals surface area contributed by atoms with E-state index in [0.717, 1.165) is 44.2 Å². The van der Waals surface area contributed by atoms with Crippen LogP contribution < -0.4 is 0 Å². The fourth-order valence-electron chi connectivity index (χ4n) is 3.14. The van der Waals surface area contributed by atoms with Gasteiger partial charge in [-0.1, -0.05) is 18.2 Å². The molecular weight excluding hydrogens is 311 g/mol. The van der Waals surface area contributed by atoms with Crippen molar-refractivity contribution in [2.75, 3.05) is 6.67 Å². The Bertz CT molecular complexity index is 525. The lowest BCUT2D eigenvalue weighted by Gasteiger charge is -2.27. The number of benzene rings is 1. The summed E-state index contributed by atoms with van der Waals surface area (Å²) in [7, 11) is 0. The molecule has 1 saturated carbocycles. The van der Waals surface area contributed by atoms with Crippen molar-refractivity contribution in [2.24, 2.45) is 5.92 Å². The van der Waals surface area contributed by atoms with Gasteiger partial charge >= 0.3 is 6.18 Å². The maximum absolute atomic E-state index is 13.7. The third kappa shape index (κ3) is 5.05. The van der Waals surface area contributed by atoms with Gasteiger partial charge in [-0.25, -0.2) is 4.39 Å². The minimum atomic E-state index is -4.65. The van der Waals surface area contributed by atoms with E-state index in [1.54, 1.807) is 0 Å². The first-order chi connectivity index (χ1) is 10.9. The monoisotopic (exact) mass is 332 g/mol. The minimum absolute atomic E-state index is 0.113. The molecule has 0 amide bonds. The van der Waals surface area contributed by atoms with E-state index >= 15 is 0 Å². The van der Waals surface area contributed by atoms with Crippen molar-refractivity contribution >= 4 is 0 Å². The van der Waals surface area contributed by atoms with Gasteiger partial charge in [0.25, 0.3) is 0 Å². The van der Waals surface area contributed by atoms with Gasteiger partial charge in [0.15, 0.2) is 0 Å². The quantitative estimate of drug-likeness (QED) is 0.331. The molecule has 1 aliphatic carbocycles. The summed E-state index contributed by atoms with van der Waals surface area (Å²) >= 11 is 0. The zero-order chi connectivity index (χ0) is 16.9. The van der Waals surface area contributed by atoms with Crippen LogP contribution in [0.1, 0.15) is 55.6 Å². The van der Waals surface area contributed by atoms with Gasteiger partial charge in [-0.2, -0.15) is 13.2 Å². The smallest absolute Gasteiger partial charge is 0.251 e. The van der Waals surface area contributed by atoms with Gasteiger partial charge < -0.3 is 0 Å². The summed E-state index contributed by atoms with van der Waals surface area (Å²) in [5, 5.41) is 0. The molecule has 0 atom stereocenters. The number of unbranched alkanes of at least 4 members (excludes halogenated alkanes) is 1. The van der Waals surface area contributed by atoms with Crippen LogP contribution in [0, 0.1) is 11.7 Å². The van der Waals surface area contributed by atoms with Crippen LogP contribution in [0.3, 0.4) is 0 Å². The maximum Gasteiger partial charge on any atom is 0.419 e. The van der Waals surface area contributed by atoms with Crippen LogP contribution >= 0.6 is 0 Å². The van der Waals surface area contributed by atoms with Gasteiger partial charge in [-0.3, -0.25) is 4.39 Å². The van der Waals surface area contributed by atoms with Crippen LogP contribution in [-0.4, -0.2) is 6.67 Å². The van der Waals surface area contributed by atoms with Crippen LogP contribution in [0.2, 0.25) is 0 Å². The molecular formula is C18H21F5. The van der Waals surface area contributed by atoms with Crippen LogP contribution in [-0.2, 0) is 6.18 Å². The van der Waals surface area contributed by atoms with Crippen LogP contribution in [0.15, 0.2) is 30.4 Å². The second-order valence-corrected chi connectivity index (χ2v) is 6.11. The number of halogens is 5. The van der Waals surface area contributed by atoms with Crippen molar-refractivity contribution in [3.63, 3.8) is 0 Å². The zero-order valence-corrected chi connectivity index (χ0v) is 12.9. The summed E-state index contributed by atoms with van der Waals surface area (Å²) in [6, 6.07) is 3.27. The number of hydrogen-bond donors (Lipinski definition) is 0. The number of allylic oxidation sites excluding steroid dienone is 2. The molecule has 23 heavy (non-hydrogen) atoms. The summed E-state index contributed by atoms with van der Waals surface area (Å²) < 4.78 is 63.4. The third-order valence-electron chi connectivity index (χ3n) is 4.45. The van der Waals surface area contributed by atoms with E-state index in [9.17, 15) is 22.0 Å². The van der Waals surface area contributed by atoms with Gasteiger partial charge in [-0.15, -0.1) is 0 Å². The van der Waals surface area contributed by atoms with Gasteiger partial charge in [0.2, 0.25) is 0 Å². The standard InChI is InChI=1S/C18H21F5/c19-11-3-1-2-4-13-5-7-14(8-6-13)15-9-10-16(17(20)12-15)18(21,22)23/h2,4,9-10,12-14H,1,3,5-8,11H2/b4-2+. The summed E-state index contributed by atoms with van der Waals surface area (Å²) in [5.41, 5.74) is -0.555. The highest BCUT2D eigenvalue weighted by molar-refractivity contribution is 5.29. The predicted octanol–water partition coefficient (Wildman–Crippen LogP) is 6.42. The highest BCUT2D eigenvalue weighted by Crippen LogP contribution is 2.38. The van der Waals surface area contributed by atoms with Gasteiger partial charge in [-0.05, 0) is 68.1 Å². The average molecular weight is 332 g/mol. The average Bonchev–Trinajstić information content (AvgIpc) is 2.51. The van der Waals surface area contributed by atoms with E-state index in [2.05, 4.69) is 6.08 Å². The molecule has 128 valence electrons. The highest BCUT2D eigenvalue weighted by atomic mass is 19.4. The third-order valence-corrected chi connectivity index (χ3v) is 4.45. The molecule has 0 heterocycles. The van der Waals surface area contributed by atoms with Gasteiger partial charge in [0, 0.05) is 0 Å². The van der Waals surface area contributed by atoms with E-state index in [1.807, 2.05) is 6.08 Å². The molecule has 0 saturated heterocycles. The Kier molecular flexibility index (Phi) is 6.19. The lowest BCUT2D eigenvalue weighted by atomic mass is 9.78. The Morgan fingerprint density at radius 2 is 1.78 bits per heavy atom. The number of hydrogen-bond acceptors (Lipinski definition) is 0. The molecule has 0 radical (unpaired) electrons. The Balaban J connectivity index is 1.93. The Morgan fingerprint density at radius 3 is 2.35 bits per heavy atom. The van der Waals surface area contributed by atoms with E-state index in [-0.39, 0.29) is 12.6 Å². The number of alkyl halides is 4. The topological polar surface area (TPSA) is 0 Å². The Hall–Kier alpha value is -1.39. The second kappa shape index (κ2) is 7.93. The minimum Gasteiger partial charge on any atom is -0.251 e. The summed E-state index contributed by atoms with van der Waals surface area (Å²) in [5.74, 6) is -0.643. The summed E-state index contributed by atoms with van der Waals surface area (Å²) in [6.45, 7) is -0.309. The van der Waals surface area contributed by atoms with Crippen LogP contribution in [0.4, 0.5) is 22.0 Å². The fourth-order valence-corrected chi connectivity index (χ4v) is 3.14. The predicted molar refractivity (Wildman–Crippen MR) is 80.5 cm³/mol. The summed E-state index contributed by atoms with van der Waals surface area (Å²) in [4.78, 5) is 0. The van der Waals surface area contributed by atoms with Gasteiger partial charge in [0.05, 0.1) is 12.2 Å². The molecule has 2 rings (SSSR count). The van der Waals surface area contributed by atoms with Gasteiger partial charge in [0.1, 0.15) is 5.82 Å². The van der Waals surface area contributed by atoms with E-state index < -0.39 is 17.6 Å². The summed E-state index contributed by atoms with van der Waals surface area (Å²) in [6.07, 6.45) is 4.27. The van der Waals surface area contributed by atoms with Crippen LogP contribution in [0.5, 0.6) is 0 Å². The largest absolute Gasteiger partial charge is 0.419 e. The van der Waals surface area contributed by atoms with Crippen LogP contribution in [0.25, 0.3) is 0 Å². The zero-order valence-electron chi connectivity index (χ0n) is 12.9. The molecule has 0 aliphatic heterocycles. The lowest BCUT2D eigenvalue weighted by molar-refractivity contribution is -0.140. The normalized spacial score (nSPS) is 22.7.